The molecule has 8 heteroatoms. The van der Waals surface area contributed by atoms with E-state index in [-0.39, 0.29) is 18.2 Å². The predicted molar refractivity (Wildman–Crippen MR) is 134 cm³/mol. The normalized spacial score (nSPS) is 16.9. The number of aromatic nitrogens is 1. The first-order chi connectivity index (χ1) is 15.9. The minimum absolute atomic E-state index is 0.0287. The first kappa shape index (κ1) is 23.0. The molecule has 1 fully saturated rings. The average Bonchev–Trinajstić information content (AvgIpc) is 3.08. The van der Waals surface area contributed by atoms with Gasteiger partial charge in [-0.1, -0.05) is 53.7 Å². The molecular formula is C25H23ClN4O2S. The molecule has 0 saturated carbocycles. The summed E-state index contributed by atoms with van der Waals surface area (Å²) >= 11 is 7.47. The van der Waals surface area contributed by atoms with Crippen LogP contribution < -0.4 is 5.32 Å². The smallest absolute Gasteiger partial charge is 0.243 e. The summed E-state index contributed by atoms with van der Waals surface area (Å²) in [7, 11) is 0. The Bertz CT molecular complexity index is 1220. The molecular weight excluding hydrogens is 456 g/mol. The van der Waals surface area contributed by atoms with E-state index >= 15 is 0 Å². The monoisotopic (exact) mass is 478 g/mol. The number of nitrogens with zero attached hydrogens (tertiary/aromatic N) is 3. The molecule has 2 amide bonds. The van der Waals surface area contributed by atoms with Crippen LogP contribution in [0.15, 0.2) is 71.9 Å². The molecule has 0 radical (unpaired) electrons. The Morgan fingerprint density at radius 2 is 1.91 bits per heavy atom. The lowest BCUT2D eigenvalue weighted by Crippen LogP contribution is -2.33. The highest BCUT2D eigenvalue weighted by atomic mass is 35.5. The predicted octanol–water partition coefficient (Wildman–Crippen LogP) is 5.51. The standard InChI is InChI=1S/C25H23ClN4O2S/c1-16-8-3-4-11-20(16)29-25-30(15-18-9-5-6-13-27-18)24(32)22(33-25)14-23(31)28-21-12-7-10-19(26)17(21)2/h3-13,22H,14-15H2,1-2H3,(H,28,31). The van der Waals surface area contributed by atoms with Crippen molar-refractivity contribution in [2.75, 3.05) is 5.32 Å². The highest BCUT2D eigenvalue weighted by molar-refractivity contribution is 8.15. The number of rotatable bonds is 6. The van der Waals surface area contributed by atoms with E-state index in [1.807, 2.05) is 56.3 Å². The zero-order valence-corrected chi connectivity index (χ0v) is 19.9. The number of carbonyl (C=O) groups is 2. The SMILES string of the molecule is Cc1ccccc1N=C1SC(CC(=O)Nc2cccc(Cl)c2C)C(=O)N1Cc1ccccn1. The van der Waals surface area contributed by atoms with Crippen molar-refractivity contribution in [2.24, 2.45) is 4.99 Å². The number of nitrogens with one attached hydrogen (secondary N) is 1. The number of hydrogen-bond donors (Lipinski definition) is 1. The number of hydrogen-bond acceptors (Lipinski definition) is 5. The highest BCUT2D eigenvalue weighted by Crippen LogP contribution is 2.34. The van der Waals surface area contributed by atoms with Gasteiger partial charge in [-0.3, -0.25) is 19.5 Å². The number of aliphatic imine (C=N–C) groups is 1. The van der Waals surface area contributed by atoms with Gasteiger partial charge in [0, 0.05) is 23.3 Å². The van der Waals surface area contributed by atoms with Crippen LogP contribution in [0.3, 0.4) is 0 Å². The fourth-order valence-electron chi connectivity index (χ4n) is 3.43. The third-order valence-corrected chi connectivity index (χ3v) is 6.90. The molecule has 1 saturated heterocycles. The molecule has 168 valence electrons. The van der Waals surface area contributed by atoms with Crippen LogP contribution in [0, 0.1) is 13.8 Å². The van der Waals surface area contributed by atoms with E-state index in [2.05, 4.69) is 10.3 Å². The summed E-state index contributed by atoms with van der Waals surface area (Å²) in [4.78, 5) is 36.8. The Morgan fingerprint density at radius 1 is 1.12 bits per heavy atom. The number of halogens is 1. The second-order valence-electron chi connectivity index (χ2n) is 7.70. The van der Waals surface area contributed by atoms with Gasteiger partial charge in [0.15, 0.2) is 5.17 Å². The fourth-order valence-corrected chi connectivity index (χ4v) is 4.75. The minimum atomic E-state index is -0.573. The summed E-state index contributed by atoms with van der Waals surface area (Å²) in [5.74, 6) is -0.405. The maximum Gasteiger partial charge on any atom is 0.243 e. The van der Waals surface area contributed by atoms with E-state index in [0.717, 1.165) is 22.5 Å². The molecule has 1 atom stereocenters. The molecule has 2 aromatic carbocycles. The van der Waals surface area contributed by atoms with Gasteiger partial charge in [0.25, 0.3) is 0 Å². The average molecular weight is 479 g/mol. The number of benzene rings is 2. The van der Waals surface area contributed by atoms with Gasteiger partial charge in [-0.25, -0.2) is 4.99 Å². The Morgan fingerprint density at radius 3 is 2.67 bits per heavy atom. The molecule has 1 N–H and O–H groups in total. The van der Waals surface area contributed by atoms with Gasteiger partial charge < -0.3 is 5.32 Å². The molecule has 33 heavy (non-hydrogen) atoms. The van der Waals surface area contributed by atoms with Gasteiger partial charge in [0.1, 0.15) is 5.25 Å². The third kappa shape index (κ3) is 5.43. The van der Waals surface area contributed by atoms with Gasteiger partial charge in [0.2, 0.25) is 11.8 Å². The summed E-state index contributed by atoms with van der Waals surface area (Å²) < 4.78 is 0. The number of anilines is 1. The summed E-state index contributed by atoms with van der Waals surface area (Å²) in [6, 6.07) is 18.7. The van der Waals surface area contributed by atoms with Crippen LogP contribution in [0.1, 0.15) is 23.2 Å². The first-order valence-corrected chi connectivity index (χ1v) is 11.8. The number of thioether (sulfide) groups is 1. The topological polar surface area (TPSA) is 74.7 Å². The van der Waals surface area contributed by atoms with E-state index in [9.17, 15) is 9.59 Å². The minimum Gasteiger partial charge on any atom is -0.326 e. The zero-order chi connectivity index (χ0) is 23.4. The molecule has 0 bridgehead atoms. The van der Waals surface area contributed by atoms with Gasteiger partial charge in [0.05, 0.1) is 17.9 Å². The molecule has 6 nitrogen and oxygen atoms in total. The maximum atomic E-state index is 13.3. The summed E-state index contributed by atoms with van der Waals surface area (Å²) in [5.41, 5.74) is 3.98. The molecule has 0 spiro atoms. The van der Waals surface area contributed by atoms with Gasteiger partial charge >= 0.3 is 0 Å². The summed E-state index contributed by atoms with van der Waals surface area (Å²) in [6.45, 7) is 4.11. The molecule has 1 aliphatic rings. The highest BCUT2D eigenvalue weighted by Gasteiger charge is 2.39. The van der Waals surface area contributed by atoms with Crippen molar-refractivity contribution in [3.63, 3.8) is 0 Å². The molecule has 3 aromatic rings. The Balaban J connectivity index is 1.56. The van der Waals surface area contributed by atoms with Crippen molar-refractivity contribution in [1.29, 1.82) is 0 Å². The Labute approximate surface area is 202 Å². The molecule has 1 aliphatic heterocycles. The van der Waals surface area contributed by atoms with Crippen LogP contribution in [0.5, 0.6) is 0 Å². The van der Waals surface area contributed by atoms with Crippen molar-refractivity contribution < 1.29 is 9.59 Å². The van der Waals surface area contributed by atoms with Crippen molar-refractivity contribution in [1.82, 2.24) is 9.88 Å². The number of amidine groups is 1. The van der Waals surface area contributed by atoms with Crippen molar-refractivity contribution in [3.8, 4) is 0 Å². The van der Waals surface area contributed by atoms with Crippen molar-refractivity contribution in [2.45, 2.75) is 32.1 Å². The summed E-state index contributed by atoms with van der Waals surface area (Å²) in [5, 5.41) is 3.45. The Hall–Kier alpha value is -3.16. The number of amides is 2. The van der Waals surface area contributed by atoms with Crippen LogP contribution in [-0.2, 0) is 16.1 Å². The van der Waals surface area contributed by atoms with Crippen molar-refractivity contribution in [3.05, 3.63) is 88.7 Å². The van der Waals surface area contributed by atoms with E-state index in [4.69, 9.17) is 16.6 Å². The molecule has 1 aromatic heterocycles. The van der Waals surface area contributed by atoms with Crippen LogP contribution in [0.2, 0.25) is 5.02 Å². The third-order valence-electron chi connectivity index (χ3n) is 5.31. The lowest BCUT2D eigenvalue weighted by atomic mass is 10.2. The molecule has 0 aliphatic carbocycles. The van der Waals surface area contributed by atoms with Crippen molar-refractivity contribution >= 4 is 51.7 Å². The lowest BCUT2D eigenvalue weighted by Gasteiger charge is -2.16. The Kier molecular flexibility index (Phi) is 7.11. The van der Waals surface area contributed by atoms with Crippen LogP contribution in [0.4, 0.5) is 11.4 Å². The fraction of sp³-hybridized carbons (Fsp3) is 0.200. The number of pyridine rings is 1. The first-order valence-electron chi connectivity index (χ1n) is 10.5. The van der Waals surface area contributed by atoms with Crippen LogP contribution in [0.25, 0.3) is 0 Å². The van der Waals surface area contributed by atoms with Gasteiger partial charge in [-0.15, -0.1) is 0 Å². The largest absolute Gasteiger partial charge is 0.326 e. The second-order valence-corrected chi connectivity index (χ2v) is 9.27. The number of para-hydroxylation sites is 1. The van der Waals surface area contributed by atoms with E-state index in [1.54, 1.807) is 29.3 Å². The van der Waals surface area contributed by atoms with Gasteiger partial charge in [-0.05, 0) is 55.3 Å². The quantitative estimate of drug-likeness (QED) is 0.506. The summed E-state index contributed by atoms with van der Waals surface area (Å²) in [6.07, 6.45) is 1.72. The molecule has 2 heterocycles. The van der Waals surface area contributed by atoms with E-state index in [0.29, 0.717) is 22.4 Å². The van der Waals surface area contributed by atoms with Gasteiger partial charge in [-0.2, -0.15) is 0 Å². The molecule has 1 unspecified atom stereocenters. The molecule has 4 rings (SSSR count). The van der Waals surface area contributed by atoms with Crippen LogP contribution >= 0.6 is 23.4 Å². The maximum absolute atomic E-state index is 13.3. The number of carbonyl (C=O) groups excluding carboxylic acids is 2. The van der Waals surface area contributed by atoms with E-state index in [1.165, 1.54) is 11.8 Å². The zero-order valence-electron chi connectivity index (χ0n) is 18.3. The second kappa shape index (κ2) is 10.2. The van der Waals surface area contributed by atoms with Crippen LogP contribution in [-0.4, -0.2) is 32.1 Å². The van der Waals surface area contributed by atoms with E-state index < -0.39 is 5.25 Å². The lowest BCUT2D eigenvalue weighted by molar-refractivity contribution is -0.128. The number of aryl methyl sites for hydroxylation is 1.